The van der Waals surface area contributed by atoms with E-state index in [0.29, 0.717) is 31.5 Å². The van der Waals surface area contributed by atoms with Crippen LogP contribution in [0.15, 0.2) is 30.6 Å². The summed E-state index contributed by atoms with van der Waals surface area (Å²) >= 11 is 0. The molecule has 1 atom stereocenters. The number of aryl methyl sites for hydroxylation is 1. The Morgan fingerprint density at radius 1 is 1.33 bits per heavy atom. The van der Waals surface area contributed by atoms with Crippen molar-refractivity contribution in [3.05, 3.63) is 53.1 Å². The first kappa shape index (κ1) is 24.4. The number of pyridine rings is 1. The summed E-state index contributed by atoms with van der Waals surface area (Å²) in [5.41, 5.74) is 3.06. The van der Waals surface area contributed by atoms with Crippen LogP contribution in [0.3, 0.4) is 0 Å². The summed E-state index contributed by atoms with van der Waals surface area (Å²) in [6.45, 7) is 2.32. The number of aromatic nitrogens is 2. The summed E-state index contributed by atoms with van der Waals surface area (Å²) in [5, 5.41) is 9.81. The Morgan fingerprint density at radius 2 is 2.11 bits per heavy atom. The molecule has 3 heterocycles. The van der Waals surface area contributed by atoms with Gasteiger partial charge in [-0.05, 0) is 61.1 Å². The van der Waals surface area contributed by atoms with Crippen molar-refractivity contribution in [1.82, 2.24) is 14.9 Å². The zero-order valence-electron chi connectivity index (χ0n) is 20.1. The minimum absolute atomic E-state index is 0.171. The predicted octanol–water partition coefficient (Wildman–Crippen LogP) is 5.24. The van der Waals surface area contributed by atoms with E-state index in [4.69, 9.17) is 14.6 Å². The van der Waals surface area contributed by atoms with Gasteiger partial charge in [-0.15, -0.1) is 0 Å². The van der Waals surface area contributed by atoms with Crippen molar-refractivity contribution < 1.29 is 32.5 Å². The molecule has 1 saturated carbocycles. The average molecular weight is 504 g/mol. The van der Waals surface area contributed by atoms with Crippen LogP contribution >= 0.6 is 0 Å². The predicted molar refractivity (Wildman–Crippen MR) is 126 cm³/mol. The molecule has 1 aliphatic heterocycles. The second-order valence-corrected chi connectivity index (χ2v) is 10.0. The van der Waals surface area contributed by atoms with E-state index in [1.165, 1.54) is 12.3 Å². The minimum atomic E-state index is -2.66. The maximum absolute atomic E-state index is 14.8. The standard InChI is InChI=1S/C26H28F3N3O4/c1-15-7-21(35-2)18(17-3-5-30-23(15)17)11-32-6-4-25(13-26(28,29)14-25)9-20(32)16-8-19(27)24(31-10-16)36-12-22(33)34/h3,5,7-8,10,20,30H,4,6,9,11-14H2,1-2H3,(H,33,34). The molecular formula is C26H28F3N3O4. The third-order valence-corrected chi connectivity index (χ3v) is 7.50. The fourth-order valence-corrected chi connectivity index (χ4v) is 5.91. The summed E-state index contributed by atoms with van der Waals surface area (Å²) in [6.07, 6.45) is 4.05. The summed E-state index contributed by atoms with van der Waals surface area (Å²) in [5.74, 6) is -4.36. The number of carboxylic acid groups (broad SMARTS) is 1. The summed E-state index contributed by atoms with van der Waals surface area (Å²) in [4.78, 5) is 20.2. The van der Waals surface area contributed by atoms with Crippen LogP contribution < -0.4 is 9.47 Å². The SMILES string of the molecule is COc1cc(C)c2[nH]ccc2c1CN1CCC2(CC1c1cnc(OCC(=O)O)c(F)c1)CC(F)(F)C2. The van der Waals surface area contributed by atoms with Crippen LogP contribution in [0.5, 0.6) is 11.6 Å². The number of piperidine rings is 1. The number of hydrogen-bond acceptors (Lipinski definition) is 5. The first-order valence-corrected chi connectivity index (χ1v) is 11.9. The molecule has 5 rings (SSSR count). The zero-order valence-corrected chi connectivity index (χ0v) is 20.1. The van der Waals surface area contributed by atoms with Crippen molar-refractivity contribution >= 4 is 16.9 Å². The van der Waals surface area contributed by atoms with Crippen molar-refractivity contribution in [3.8, 4) is 11.6 Å². The van der Waals surface area contributed by atoms with Gasteiger partial charge in [0.1, 0.15) is 5.75 Å². The fraction of sp³-hybridized carbons (Fsp3) is 0.462. The number of aromatic amines is 1. The van der Waals surface area contributed by atoms with Gasteiger partial charge in [0.15, 0.2) is 12.4 Å². The lowest BCUT2D eigenvalue weighted by Crippen LogP contribution is -2.53. The van der Waals surface area contributed by atoms with Crippen LogP contribution in [0.4, 0.5) is 13.2 Å². The number of methoxy groups -OCH3 is 1. The van der Waals surface area contributed by atoms with E-state index >= 15 is 0 Å². The number of alkyl halides is 2. The number of likely N-dealkylation sites (tertiary alicyclic amines) is 1. The number of nitrogens with zero attached hydrogens (tertiary/aromatic N) is 2. The lowest BCUT2D eigenvalue weighted by Gasteiger charge is -2.54. The molecular weight excluding hydrogens is 475 g/mol. The Hall–Kier alpha value is -3.27. The molecule has 1 aromatic carbocycles. The number of H-pyrrole nitrogens is 1. The molecule has 3 aromatic rings. The van der Waals surface area contributed by atoms with Crippen molar-refractivity contribution in [2.24, 2.45) is 5.41 Å². The summed E-state index contributed by atoms with van der Waals surface area (Å²) in [6, 6.07) is 4.88. The third kappa shape index (κ3) is 4.50. The van der Waals surface area contributed by atoms with Gasteiger partial charge in [0.2, 0.25) is 5.92 Å². The number of carboxylic acids is 1. The quantitative estimate of drug-likeness (QED) is 0.459. The molecule has 2 fully saturated rings. The zero-order chi connectivity index (χ0) is 25.7. The third-order valence-electron chi connectivity index (χ3n) is 7.50. The maximum Gasteiger partial charge on any atom is 0.341 e. The van der Waals surface area contributed by atoms with Gasteiger partial charge in [0, 0.05) is 54.3 Å². The lowest BCUT2D eigenvalue weighted by molar-refractivity contribution is -0.186. The van der Waals surface area contributed by atoms with Crippen LogP contribution in [0.25, 0.3) is 10.9 Å². The molecule has 192 valence electrons. The van der Waals surface area contributed by atoms with Gasteiger partial charge < -0.3 is 19.6 Å². The molecule has 2 aromatic heterocycles. The van der Waals surface area contributed by atoms with E-state index in [-0.39, 0.29) is 18.9 Å². The van der Waals surface area contributed by atoms with E-state index in [0.717, 1.165) is 27.8 Å². The molecule has 1 spiro atoms. The van der Waals surface area contributed by atoms with E-state index in [2.05, 4.69) is 14.9 Å². The number of aliphatic carboxylic acids is 1. The molecule has 10 heteroatoms. The normalized spacial score (nSPS) is 20.9. The van der Waals surface area contributed by atoms with E-state index in [9.17, 15) is 18.0 Å². The second-order valence-electron chi connectivity index (χ2n) is 10.0. The Bertz CT molecular complexity index is 1300. The van der Waals surface area contributed by atoms with Gasteiger partial charge in [-0.1, -0.05) is 0 Å². The number of ether oxygens (including phenoxy) is 2. The van der Waals surface area contributed by atoms with E-state index in [1.54, 1.807) is 7.11 Å². The number of hydrogen-bond donors (Lipinski definition) is 2. The van der Waals surface area contributed by atoms with Gasteiger partial charge in [0.05, 0.1) is 7.11 Å². The highest BCUT2D eigenvalue weighted by Crippen LogP contribution is 2.60. The van der Waals surface area contributed by atoms with Crippen LogP contribution in [0, 0.1) is 18.2 Å². The van der Waals surface area contributed by atoms with Crippen LogP contribution in [-0.4, -0.2) is 52.1 Å². The van der Waals surface area contributed by atoms with E-state index < -0.39 is 35.6 Å². The Balaban J connectivity index is 1.49. The minimum Gasteiger partial charge on any atom is -0.496 e. The molecule has 0 bridgehead atoms. The molecule has 36 heavy (non-hydrogen) atoms. The van der Waals surface area contributed by atoms with Crippen LogP contribution in [0.1, 0.15) is 48.4 Å². The monoisotopic (exact) mass is 503 g/mol. The Kier molecular flexibility index (Phi) is 6.10. The largest absolute Gasteiger partial charge is 0.496 e. The van der Waals surface area contributed by atoms with Crippen molar-refractivity contribution in [2.45, 2.75) is 51.1 Å². The number of halogens is 3. The molecule has 2 aliphatic rings. The van der Waals surface area contributed by atoms with E-state index in [1.807, 2.05) is 25.3 Å². The van der Waals surface area contributed by atoms with Gasteiger partial charge in [-0.25, -0.2) is 22.9 Å². The first-order chi connectivity index (χ1) is 17.1. The van der Waals surface area contributed by atoms with Gasteiger partial charge in [-0.2, -0.15) is 0 Å². The number of carbonyl (C=O) groups is 1. The molecule has 2 N–H and O–H groups in total. The molecule has 0 amide bonds. The highest BCUT2D eigenvalue weighted by atomic mass is 19.3. The highest BCUT2D eigenvalue weighted by molar-refractivity contribution is 5.88. The van der Waals surface area contributed by atoms with Crippen molar-refractivity contribution in [1.29, 1.82) is 0 Å². The Labute approximate surface area is 206 Å². The lowest BCUT2D eigenvalue weighted by atomic mass is 9.59. The van der Waals surface area contributed by atoms with Crippen molar-refractivity contribution in [2.75, 3.05) is 20.3 Å². The molecule has 1 unspecified atom stereocenters. The topological polar surface area (TPSA) is 87.7 Å². The molecule has 0 radical (unpaired) electrons. The van der Waals surface area contributed by atoms with Crippen LogP contribution in [0.2, 0.25) is 0 Å². The molecule has 1 aliphatic carbocycles. The van der Waals surface area contributed by atoms with Gasteiger partial charge >= 0.3 is 5.97 Å². The maximum atomic E-state index is 14.8. The number of rotatable bonds is 7. The second kappa shape index (κ2) is 8.99. The van der Waals surface area contributed by atoms with Crippen LogP contribution in [-0.2, 0) is 11.3 Å². The summed E-state index contributed by atoms with van der Waals surface area (Å²) in [7, 11) is 1.62. The first-order valence-electron chi connectivity index (χ1n) is 11.9. The fourth-order valence-electron chi connectivity index (χ4n) is 5.91. The number of benzene rings is 1. The van der Waals surface area contributed by atoms with Gasteiger partial charge in [-0.3, -0.25) is 4.90 Å². The molecule has 1 saturated heterocycles. The van der Waals surface area contributed by atoms with Crippen molar-refractivity contribution in [3.63, 3.8) is 0 Å². The summed E-state index contributed by atoms with van der Waals surface area (Å²) < 4.78 is 53.3. The smallest absolute Gasteiger partial charge is 0.341 e. The Morgan fingerprint density at radius 3 is 2.78 bits per heavy atom. The highest BCUT2D eigenvalue weighted by Gasteiger charge is 2.58. The average Bonchev–Trinajstić information content (AvgIpc) is 3.30. The number of fused-ring (bicyclic) bond motifs is 1. The van der Waals surface area contributed by atoms with Gasteiger partial charge in [0.25, 0.3) is 5.88 Å². The number of nitrogens with one attached hydrogen (secondary N) is 1. The molecule has 7 nitrogen and oxygen atoms in total.